The van der Waals surface area contributed by atoms with Crippen LogP contribution in [-0.2, 0) is 0 Å². The van der Waals surface area contributed by atoms with E-state index >= 15 is 0 Å². The van der Waals surface area contributed by atoms with Crippen molar-refractivity contribution >= 4 is 0 Å². The highest BCUT2D eigenvalue weighted by atomic mass is 14.9. The summed E-state index contributed by atoms with van der Waals surface area (Å²) in [5, 5.41) is 3.70. The molecule has 0 aromatic heterocycles. The van der Waals surface area contributed by atoms with Crippen LogP contribution in [0.2, 0.25) is 0 Å². The average Bonchev–Trinajstić information content (AvgIpc) is 2.28. The second-order valence-corrected chi connectivity index (χ2v) is 8.02. The van der Waals surface area contributed by atoms with E-state index in [1.54, 1.807) is 0 Å². The van der Waals surface area contributed by atoms with Gasteiger partial charge in [-0.1, -0.05) is 41.5 Å². The smallest absolute Gasteiger partial charge is 0.000782 e. The predicted molar refractivity (Wildman–Crippen MR) is 81.8 cm³/mol. The lowest BCUT2D eigenvalue weighted by Gasteiger charge is -2.44. The predicted octanol–water partition coefficient (Wildman–Crippen LogP) is 4.86. The van der Waals surface area contributed by atoms with E-state index < -0.39 is 0 Å². The van der Waals surface area contributed by atoms with Gasteiger partial charge >= 0.3 is 0 Å². The number of hydrogen-bond donors (Lipinski definition) is 1. The average molecular weight is 253 g/mol. The fourth-order valence-electron chi connectivity index (χ4n) is 3.38. The summed E-state index contributed by atoms with van der Waals surface area (Å²) < 4.78 is 0. The lowest BCUT2D eigenvalue weighted by Crippen LogP contribution is -2.40. The quantitative estimate of drug-likeness (QED) is 0.737. The van der Waals surface area contributed by atoms with Crippen molar-refractivity contribution in [3.05, 3.63) is 0 Å². The summed E-state index contributed by atoms with van der Waals surface area (Å²) in [6.07, 6.45) is 7.06. The van der Waals surface area contributed by atoms with Crippen LogP contribution in [0.4, 0.5) is 0 Å². The summed E-state index contributed by atoms with van der Waals surface area (Å²) in [5.41, 5.74) is 1.10. The first-order valence-electron chi connectivity index (χ1n) is 8.00. The summed E-state index contributed by atoms with van der Waals surface area (Å²) >= 11 is 0. The molecule has 0 atom stereocenters. The fraction of sp³-hybridized carbons (Fsp3) is 1.00. The molecule has 0 radical (unpaired) electrons. The molecule has 0 unspecified atom stereocenters. The highest BCUT2D eigenvalue weighted by Gasteiger charge is 2.37. The van der Waals surface area contributed by atoms with Gasteiger partial charge in [-0.25, -0.2) is 0 Å². The third-order valence-electron chi connectivity index (χ3n) is 5.07. The molecular formula is C17H35N. The topological polar surface area (TPSA) is 12.0 Å². The molecule has 0 saturated heterocycles. The van der Waals surface area contributed by atoms with Gasteiger partial charge in [0.15, 0.2) is 0 Å². The summed E-state index contributed by atoms with van der Waals surface area (Å²) in [5.74, 6) is 1.70. The van der Waals surface area contributed by atoms with E-state index in [1.807, 2.05) is 0 Å². The first-order chi connectivity index (χ1) is 8.29. The van der Waals surface area contributed by atoms with Crippen molar-refractivity contribution in [1.29, 1.82) is 0 Å². The minimum Gasteiger partial charge on any atom is -0.316 e. The molecule has 0 amide bonds. The second-order valence-electron chi connectivity index (χ2n) is 8.02. The van der Waals surface area contributed by atoms with Crippen molar-refractivity contribution in [2.75, 3.05) is 13.1 Å². The third-order valence-corrected chi connectivity index (χ3v) is 5.07. The Morgan fingerprint density at radius 2 is 1.72 bits per heavy atom. The number of rotatable bonds is 5. The van der Waals surface area contributed by atoms with E-state index in [-0.39, 0.29) is 0 Å². The van der Waals surface area contributed by atoms with Gasteiger partial charge in [0, 0.05) is 6.54 Å². The van der Waals surface area contributed by atoms with Crippen LogP contribution in [0, 0.1) is 22.7 Å². The standard InChI is InChI=1S/C17H35N/c1-7-17(13-18-12-14(2)3)10-8-15(9-11-17)16(4,5)6/h14-15,18H,7-13H2,1-6H3. The monoisotopic (exact) mass is 253 g/mol. The maximum atomic E-state index is 3.70. The Morgan fingerprint density at radius 3 is 2.11 bits per heavy atom. The van der Waals surface area contributed by atoms with Crippen molar-refractivity contribution < 1.29 is 0 Å². The van der Waals surface area contributed by atoms with Gasteiger partial charge < -0.3 is 5.32 Å². The number of nitrogens with one attached hydrogen (secondary N) is 1. The summed E-state index contributed by atoms with van der Waals surface area (Å²) in [4.78, 5) is 0. The molecule has 1 heteroatoms. The van der Waals surface area contributed by atoms with Crippen molar-refractivity contribution in [3.63, 3.8) is 0 Å². The van der Waals surface area contributed by atoms with Crippen LogP contribution in [0.1, 0.15) is 73.6 Å². The highest BCUT2D eigenvalue weighted by Crippen LogP contribution is 2.46. The molecule has 0 aliphatic heterocycles. The van der Waals surface area contributed by atoms with Gasteiger partial charge in [-0.2, -0.15) is 0 Å². The number of hydrogen-bond acceptors (Lipinski definition) is 1. The molecule has 1 nitrogen and oxygen atoms in total. The van der Waals surface area contributed by atoms with Crippen LogP contribution < -0.4 is 5.32 Å². The van der Waals surface area contributed by atoms with E-state index in [4.69, 9.17) is 0 Å². The van der Waals surface area contributed by atoms with Gasteiger partial charge in [0.05, 0.1) is 0 Å². The molecule has 0 aromatic carbocycles. The van der Waals surface area contributed by atoms with E-state index in [1.165, 1.54) is 45.2 Å². The first kappa shape index (κ1) is 16.0. The Morgan fingerprint density at radius 1 is 1.17 bits per heavy atom. The van der Waals surface area contributed by atoms with Crippen LogP contribution in [0.15, 0.2) is 0 Å². The van der Waals surface area contributed by atoms with Crippen LogP contribution in [0.5, 0.6) is 0 Å². The maximum absolute atomic E-state index is 3.70. The Labute approximate surface area is 115 Å². The van der Waals surface area contributed by atoms with E-state index in [0.29, 0.717) is 10.8 Å². The van der Waals surface area contributed by atoms with E-state index in [0.717, 1.165) is 11.8 Å². The molecular weight excluding hydrogens is 218 g/mol. The van der Waals surface area contributed by atoms with Crippen LogP contribution >= 0.6 is 0 Å². The van der Waals surface area contributed by atoms with E-state index in [2.05, 4.69) is 46.9 Å². The zero-order chi connectivity index (χ0) is 13.8. The minimum absolute atomic E-state index is 0.505. The van der Waals surface area contributed by atoms with E-state index in [9.17, 15) is 0 Å². The van der Waals surface area contributed by atoms with Gasteiger partial charge in [-0.3, -0.25) is 0 Å². The largest absolute Gasteiger partial charge is 0.316 e. The third kappa shape index (κ3) is 4.57. The summed E-state index contributed by atoms with van der Waals surface area (Å²) in [7, 11) is 0. The molecule has 1 N–H and O–H groups in total. The minimum atomic E-state index is 0.505. The zero-order valence-corrected chi connectivity index (χ0v) is 13.6. The lowest BCUT2D eigenvalue weighted by molar-refractivity contribution is 0.0828. The zero-order valence-electron chi connectivity index (χ0n) is 13.6. The van der Waals surface area contributed by atoms with Crippen molar-refractivity contribution in [2.24, 2.45) is 22.7 Å². The molecule has 0 aromatic rings. The summed E-state index contributed by atoms with van der Waals surface area (Å²) in [6, 6.07) is 0. The Bertz CT molecular complexity index is 228. The maximum Gasteiger partial charge on any atom is 0.000782 e. The molecule has 0 spiro atoms. The fourth-order valence-corrected chi connectivity index (χ4v) is 3.38. The highest BCUT2D eigenvalue weighted by molar-refractivity contribution is 4.89. The molecule has 18 heavy (non-hydrogen) atoms. The van der Waals surface area contributed by atoms with Crippen LogP contribution in [0.3, 0.4) is 0 Å². The van der Waals surface area contributed by atoms with Gasteiger partial charge in [0.2, 0.25) is 0 Å². The SMILES string of the molecule is CCC1(CNCC(C)C)CCC(C(C)(C)C)CC1. The van der Waals surface area contributed by atoms with Gasteiger partial charge in [-0.15, -0.1) is 0 Å². The molecule has 0 heterocycles. The second kappa shape index (κ2) is 6.41. The molecule has 1 rings (SSSR count). The first-order valence-corrected chi connectivity index (χ1v) is 8.00. The van der Waals surface area contributed by atoms with Gasteiger partial charge in [0.1, 0.15) is 0 Å². The Balaban J connectivity index is 2.44. The Kier molecular flexibility index (Phi) is 5.70. The molecule has 1 fully saturated rings. The van der Waals surface area contributed by atoms with Crippen molar-refractivity contribution in [2.45, 2.75) is 73.6 Å². The van der Waals surface area contributed by atoms with Gasteiger partial charge in [0.25, 0.3) is 0 Å². The Hall–Kier alpha value is -0.0400. The van der Waals surface area contributed by atoms with Crippen LogP contribution in [0.25, 0.3) is 0 Å². The molecule has 1 aliphatic rings. The molecule has 0 bridgehead atoms. The lowest BCUT2D eigenvalue weighted by atomic mass is 9.63. The van der Waals surface area contributed by atoms with Crippen molar-refractivity contribution in [3.8, 4) is 0 Å². The summed E-state index contributed by atoms with van der Waals surface area (Å²) in [6.45, 7) is 16.6. The van der Waals surface area contributed by atoms with Gasteiger partial charge in [-0.05, 0) is 61.3 Å². The molecule has 1 saturated carbocycles. The van der Waals surface area contributed by atoms with Crippen molar-refractivity contribution in [1.82, 2.24) is 5.32 Å². The molecule has 108 valence electrons. The van der Waals surface area contributed by atoms with Crippen LogP contribution in [-0.4, -0.2) is 13.1 Å². The molecule has 1 aliphatic carbocycles. The normalized spacial score (nSPS) is 29.8.